The molecule has 0 saturated heterocycles. The third-order valence-corrected chi connectivity index (χ3v) is 8.24. The molecule has 0 spiro atoms. The minimum absolute atomic E-state index is 0.0834. The minimum atomic E-state index is -0.0834. The summed E-state index contributed by atoms with van der Waals surface area (Å²) in [5.41, 5.74) is 8.26. The van der Waals surface area contributed by atoms with Gasteiger partial charge in [0.2, 0.25) is 0 Å². The van der Waals surface area contributed by atoms with Crippen LogP contribution in [0, 0.1) is 27.7 Å². The molecule has 8 heteroatoms. The Morgan fingerprint density at radius 3 is 1.34 bits per heavy atom. The fourth-order valence-corrected chi connectivity index (χ4v) is 5.09. The van der Waals surface area contributed by atoms with Crippen LogP contribution in [0.15, 0.2) is 32.1 Å². The number of aliphatic imine (C=N–C) groups is 4. The van der Waals surface area contributed by atoms with Gasteiger partial charge in [0.15, 0.2) is 0 Å². The van der Waals surface area contributed by atoms with E-state index in [1.165, 1.54) is 11.1 Å². The molecule has 240 valence electrons. The highest BCUT2D eigenvalue weighted by Crippen LogP contribution is 2.18. The highest BCUT2D eigenvalue weighted by molar-refractivity contribution is 5.85. The Morgan fingerprint density at radius 1 is 0.591 bits per heavy atom. The summed E-state index contributed by atoms with van der Waals surface area (Å²) in [4.78, 5) is 28.0. The molecule has 2 aromatic rings. The van der Waals surface area contributed by atoms with Crippen molar-refractivity contribution < 1.29 is 0 Å². The molecule has 2 aromatic heterocycles. The molecular formula is C36H56N8. The molecule has 4 heterocycles. The normalized spacial score (nSPS) is 22.3. The van der Waals surface area contributed by atoms with Crippen molar-refractivity contribution in [3.05, 3.63) is 57.2 Å². The second kappa shape index (κ2) is 16.3. The monoisotopic (exact) mass is 600 g/mol. The summed E-state index contributed by atoms with van der Waals surface area (Å²) in [7, 11) is 0. The van der Waals surface area contributed by atoms with E-state index < -0.39 is 0 Å². The van der Waals surface area contributed by atoms with Gasteiger partial charge in [-0.25, -0.2) is 9.97 Å². The van der Waals surface area contributed by atoms with E-state index in [9.17, 15) is 0 Å². The van der Waals surface area contributed by atoms with Crippen molar-refractivity contribution in [3.63, 3.8) is 0 Å². The van der Waals surface area contributed by atoms with Crippen LogP contribution in [-0.2, 0) is 0 Å². The van der Waals surface area contributed by atoms with Crippen molar-refractivity contribution in [2.24, 2.45) is 20.0 Å². The first-order chi connectivity index (χ1) is 20.7. The zero-order valence-corrected chi connectivity index (χ0v) is 29.0. The average Bonchev–Trinajstić information content (AvgIpc) is 2.93. The zero-order valence-electron chi connectivity index (χ0n) is 29.0. The average molecular weight is 601 g/mol. The number of pyridine rings is 2. The SMILES string of the molecule is Cc1cc(C)c2nc1C=NC(C)(C)CCNCCC(C)(C)N=C2.Cc1cc(C)c2nc1C=NCC[C@@H](C)N[C@H](C)CCN=C2. The van der Waals surface area contributed by atoms with E-state index in [0.717, 1.165) is 85.8 Å². The van der Waals surface area contributed by atoms with Crippen molar-refractivity contribution in [1.29, 1.82) is 0 Å². The van der Waals surface area contributed by atoms with Gasteiger partial charge in [-0.15, -0.1) is 0 Å². The third-order valence-electron chi connectivity index (χ3n) is 8.24. The van der Waals surface area contributed by atoms with E-state index >= 15 is 0 Å². The molecule has 2 aliphatic heterocycles. The number of nitrogens with one attached hydrogen (secondary N) is 2. The third kappa shape index (κ3) is 11.8. The zero-order chi connectivity index (χ0) is 32.3. The second-order valence-corrected chi connectivity index (χ2v) is 13.8. The van der Waals surface area contributed by atoms with Gasteiger partial charge in [-0.3, -0.25) is 20.0 Å². The highest BCUT2D eigenvalue weighted by Gasteiger charge is 2.18. The maximum absolute atomic E-state index is 4.78. The lowest BCUT2D eigenvalue weighted by Crippen LogP contribution is -2.35. The van der Waals surface area contributed by atoms with Crippen LogP contribution in [0.1, 0.15) is 112 Å². The number of nitrogens with zero attached hydrogens (tertiary/aromatic N) is 6. The van der Waals surface area contributed by atoms with E-state index in [4.69, 9.17) is 15.0 Å². The summed E-state index contributed by atoms with van der Waals surface area (Å²) in [6.45, 7) is 25.1. The summed E-state index contributed by atoms with van der Waals surface area (Å²) in [6, 6.07) is 5.29. The maximum Gasteiger partial charge on any atom is 0.0845 e. The number of aromatic nitrogens is 2. The molecule has 0 amide bonds. The first kappa shape index (κ1) is 35.4. The summed E-state index contributed by atoms with van der Waals surface area (Å²) < 4.78 is 0. The van der Waals surface area contributed by atoms with Crippen LogP contribution in [0.4, 0.5) is 0 Å². The second-order valence-electron chi connectivity index (χ2n) is 13.8. The van der Waals surface area contributed by atoms with Crippen LogP contribution in [-0.4, -0.2) is 84.2 Å². The molecule has 8 nitrogen and oxygen atoms in total. The van der Waals surface area contributed by atoms with Crippen LogP contribution in [0.2, 0.25) is 0 Å². The van der Waals surface area contributed by atoms with Gasteiger partial charge in [-0.2, -0.15) is 0 Å². The molecule has 0 fully saturated rings. The number of rotatable bonds is 0. The molecule has 0 radical (unpaired) electrons. The quantitative estimate of drug-likeness (QED) is 0.378. The predicted molar refractivity (Wildman–Crippen MR) is 189 cm³/mol. The lowest BCUT2D eigenvalue weighted by atomic mass is 10.00. The summed E-state index contributed by atoms with van der Waals surface area (Å²) in [5, 5.41) is 7.12. The van der Waals surface area contributed by atoms with E-state index in [1.54, 1.807) is 0 Å². The molecule has 0 saturated carbocycles. The molecule has 2 N–H and O–H groups in total. The lowest BCUT2D eigenvalue weighted by molar-refractivity contribution is 0.427. The molecule has 4 bridgehead atoms. The van der Waals surface area contributed by atoms with Crippen LogP contribution in [0.3, 0.4) is 0 Å². The predicted octanol–water partition coefficient (Wildman–Crippen LogP) is 6.17. The van der Waals surface area contributed by atoms with E-state index in [2.05, 4.69) is 107 Å². The highest BCUT2D eigenvalue weighted by atomic mass is 15.0. The molecule has 2 atom stereocenters. The topological polar surface area (TPSA) is 99.3 Å². The first-order valence-electron chi connectivity index (χ1n) is 16.3. The van der Waals surface area contributed by atoms with Crippen LogP contribution in [0.5, 0.6) is 0 Å². The fourth-order valence-electron chi connectivity index (χ4n) is 5.09. The van der Waals surface area contributed by atoms with Gasteiger partial charge in [0.25, 0.3) is 0 Å². The Kier molecular flexibility index (Phi) is 13.1. The van der Waals surface area contributed by atoms with E-state index in [-0.39, 0.29) is 11.1 Å². The molecule has 2 aliphatic rings. The summed E-state index contributed by atoms with van der Waals surface area (Å²) >= 11 is 0. The molecule has 0 unspecified atom stereocenters. The van der Waals surface area contributed by atoms with Crippen molar-refractivity contribution in [1.82, 2.24) is 20.6 Å². The number of hydrogen-bond donors (Lipinski definition) is 2. The number of hydrogen-bond acceptors (Lipinski definition) is 8. The molecule has 0 aromatic carbocycles. The Labute approximate surface area is 266 Å². The smallest absolute Gasteiger partial charge is 0.0845 e. The Hall–Kier alpha value is -3.10. The standard InChI is InChI=1S/C19H30N4.C17H26N4/c1-14-11-15(2)17-13-22-19(5,6)8-10-20-9-7-18(3,4)21-12-16(14)23-17;1-12-9-13(2)17-11-19-8-6-15(4)20-14(3)5-7-18-10-16(12)21-17/h11-13,20H,7-10H2,1-6H3;9-11,14-15,20H,5-8H2,1-4H3/t;14-,15-/m.1/s1. The Bertz CT molecular complexity index is 1260. The Morgan fingerprint density at radius 2 is 0.955 bits per heavy atom. The van der Waals surface area contributed by atoms with Gasteiger partial charge < -0.3 is 10.6 Å². The Balaban J connectivity index is 0.000000241. The summed E-state index contributed by atoms with van der Waals surface area (Å²) in [6.07, 6.45) is 11.7. The van der Waals surface area contributed by atoms with Gasteiger partial charge >= 0.3 is 0 Å². The molecule has 4 rings (SSSR count). The van der Waals surface area contributed by atoms with Crippen molar-refractivity contribution in [3.8, 4) is 0 Å². The number of fused-ring (bicyclic) bond motifs is 4. The first-order valence-corrected chi connectivity index (χ1v) is 16.3. The van der Waals surface area contributed by atoms with Crippen LogP contribution < -0.4 is 10.6 Å². The minimum Gasteiger partial charge on any atom is -0.317 e. The van der Waals surface area contributed by atoms with Crippen LogP contribution >= 0.6 is 0 Å². The summed E-state index contributed by atoms with van der Waals surface area (Å²) in [5.74, 6) is 0. The van der Waals surface area contributed by atoms with Crippen molar-refractivity contribution in [2.45, 2.75) is 118 Å². The van der Waals surface area contributed by atoms with Gasteiger partial charge in [0, 0.05) is 50.0 Å². The van der Waals surface area contributed by atoms with Crippen LogP contribution in [0.25, 0.3) is 0 Å². The molecule has 44 heavy (non-hydrogen) atoms. The lowest BCUT2D eigenvalue weighted by Gasteiger charge is -2.23. The number of aryl methyl sites for hydroxylation is 4. The van der Waals surface area contributed by atoms with Gasteiger partial charge in [0.1, 0.15) is 0 Å². The van der Waals surface area contributed by atoms with Gasteiger partial charge in [-0.1, -0.05) is 12.1 Å². The van der Waals surface area contributed by atoms with Gasteiger partial charge in [0.05, 0.1) is 33.9 Å². The van der Waals surface area contributed by atoms with Gasteiger partial charge in [-0.05, 0) is 130 Å². The van der Waals surface area contributed by atoms with Crippen molar-refractivity contribution >= 4 is 24.9 Å². The molecule has 0 aliphatic carbocycles. The fraction of sp³-hybridized carbons (Fsp3) is 0.611. The van der Waals surface area contributed by atoms with Crippen molar-refractivity contribution in [2.75, 3.05) is 26.2 Å². The van der Waals surface area contributed by atoms with E-state index in [0.29, 0.717) is 12.1 Å². The molecular weight excluding hydrogens is 544 g/mol. The van der Waals surface area contributed by atoms with E-state index in [1.807, 2.05) is 24.9 Å². The maximum atomic E-state index is 4.78. The largest absolute Gasteiger partial charge is 0.317 e.